The summed E-state index contributed by atoms with van der Waals surface area (Å²) in [5, 5.41) is 2.69. The summed E-state index contributed by atoms with van der Waals surface area (Å²) in [7, 11) is 1.67. The predicted molar refractivity (Wildman–Crippen MR) is 67.3 cm³/mol. The number of benzene rings is 1. The molecule has 1 N–H and O–H groups in total. The molecular formula is C12H15BrN2O. The van der Waals surface area contributed by atoms with E-state index in [4.69, 9.17) is 0 Å². The van der Waals surface area contributed by atoms with Crippen LogP contribution in [0.5, 0.6) is 0 Å². The summed E-state index contributed by atoms with van der Waals surface area (Å²) in [6, 6.07) is 6.40. The Hall–Kier alpha value is -1.03. The molecule has 0 aromatic heterocycles. The number of nitrogens with zero attached hydrogens (tertiary/aromatic N) is 1. The Morgan fingerprint density at radius 2 is 2.31 bits per heavy atom. The van der Waals surface area contributed by atoms with Crippen LogP contribution >= 0.6 is 15.9 Å². The van der Waals surface area contributed by atoms with Gasteiger partial charge in [-0.15, -0.1) is 0 Å². The van der Waals surface area contributed by atoms with E-state index in [9.17, 15) is 4.79 Å². The fraction of sp³-hybridized carbons (Fsp3) is 0.417. The highest BCUT2D eigenvalue weighted by Gasteiger charge is 2.26. The molecule has 1 aromatic rings. The van der Waals surface area contributed by atoms with Crippen molar-refractivity contribution in [3.05, 3.63) is 33.8 Å². The number of carbonyl (C=O) groups excluding carboxylic acids is 1. The molecule has 0 saturated carbocycles. The average molecular weight is 283 g/mol. The smallest absolute Gasteiger partial charge is 0.317 e. The number of hydrogen-bond acceptors (Lipinski definition) is 1. The highest BCUT2D eigenvalue weighted by Crippen LogP contribution is 2.29. The third-order valence-electron chi connectivity index (χ3n) is 3.06. The third kappa shape index (κ3) is 1.94. The molecule has 2 rings (SSSR count). The largest absolute Gasteiger partial charge is 0.341 e. The van der Waals surface area contributed by atoms with Crippen LogP contribution in [0, 0.1) is 0 Å². The topological polar surface area (TPSA) is 32.3 Å². The van der Waals surface area contributed by atoms with E-state index in [0.717, 1.165) is 10.9 Å². The second-order valence-corrected chi connectivity index (χ2v) is 4.97. The molecule has 1 aliphatic heterocycles. The van der Waals surface area contributed by atoms with Gasteiger partial charge in [0, 0.05) is 24.1 Å². The van der Waals surface area contributed by atoms with Crippen molar-refractivity contribution in [2.24, 2.45) is 0 Å². The number of halogens is 1. The van der Waals surface area contributed by atoms with Gasteiger partial charge in [0.15, 0.2) is 0 Å². The first-order chi connectivity index (χ1) is 7.63. The second kappa shape index (κ2) is 4.45. The Morgan fingerprint density at radius 3 is 3.00 bits per heavy atom. The van der Waals surface area contributed by atoms with Crippen LogP contribution in [-0.4, -0.2) is 24.0 Å². The molecule has 0 radical (unpaired) electrons. The number of nitrogens with one attached hydrogen (secondary N) is 1. The SMILES string of the molecule is CNC(=O)N1Cc2cccc(Br)c2CC1C. The molecule has 0 saturated heterocycles. The molecule has 0 aliphatic carbocycles. The van der Waals surface area contributed by atoms with Gasteiger partial charge in [-0.1, -0.05) is 28.1 Å². The molecule has 1 atom stereocenters. The van der Waals surface area contributed by atoms with Crippen molar-refractivity contribution in [1.82, 2.24) is 10.2 Å². The van der Waals surface area contributed by atoms with Gasteiger partial charge in [-0.05, 0) is 30.5 Å². The number of carbonyl (C=O) groups is 1. The normalized spacial score (nSPS) is 19.2. The van der Waals surface area contributed by atoms with Crippen LogP contribution in [0.25, 0.3) is 0 Å². The van der Waals surface area contributed by atoms with Gasteiger partial charge in [0.05, 0.1) is 0 Å². The zero-order valence-electron chi connectivity index (χ0n) is 9.46. The monoisotopic (exact) mass is 282 g/mol. The molecule has 1 aliphatic rings. The van der Waals surface area contributed by atoms with E-state index in [1.807, 2.05) is 11.0 Å². The number of hydrogen-bond donors (Lipinski definition) is 1. The Morgan fingerprint density at radius 1 is 1.56 bits per heavy atom. The number of urea groups is 1. The Bertz CT molecular complexity index is 419. The molecule has 0 spiro atoms. The average Bonchev–Trinajstić information content (AvgIpc) is 2.29. The maximum absolute atomic E-state index is 11.7. The van der Waals surface area contributed by atoms with E-state index >= 15 is 0 Å². The first-order valence-electron chi connectivity index (χ1n) is 5.38. The van der Waals surface area contributed by atoms with Crippen LogP contribution in [0.2, 0.25) is 0 Å². The van der Waals surface area contributed by atoms with E-state index in [1.54, 1.807) is 7.05 Å². The summed E-state index contributed by atoms with van der Waals surface area (Å²) >= 11 is 3.56. The van der Waals surface area contributed by atoms with Gasteiger partial charge in [-0.3, -0.25) is 0 Å². The molecular weight excluding hydrogens is 268 g/mol. The number of fused-ring (bicyclic) bond motifs is 1. The van der Waals surface area contributed by atoms with Crippen LogP contribution in [0.1, 0.15) is 18.1 Å². The molecule has 2 amide bonds. The van der Waals surface area contributed by atoms with E-state index in [2.05, 4.69) is 40.3 Å². The van der Waals surface area contributed by atoms with Gasteiger partial charge < -0.3 is 10.2 Å². The van der Waals surface area contributed by atoms with Gasteiger partial charge in [0.1, 0.15) is 0 Å². The van der Waals surface area contributed by atoms with Crippen molar-refractivity contribution in [2.75, 3.05) is 7.05 Å². The summed E-state index contributed by atoms with van der Waals surface area (Å²) in [5.41, 5.74) is 2.56. The first-order valence-corrected chi connectivity index (χ1v) is 6.17. The second-order valence-electron chi connectivity index (χ2n) is 4.11. The highest BCUT2D eigenvalue weighted by molar-refractivity contribution is 9.10. The van der Waals surface area contributed by atoms with Gasteiger partial charge in [-0.2, -0.15) is 0 Å². The van der Waals surface area contributed by atoms with Gasteiger partial charge >= 0.3 is 6.03 Å². The zero-order valence-corrected chi connectivity index (χ0v) is 11.0. The minimum atomic E-state index is -0.00174. The first kappa shape index (κ1) is 11.5. The summed E-state index contributed by atoms with van der Waals surface area (Å²) in [6.07, 6.45) is 0.907. The Kier molecular flexibility index (Phi) is 3.19. The maximum atomic E-state index is 11.7. The molecule has 1 unspecified atom stereocenters. The fourth-order valence-electron chi connectivity index (χ4n) is 2.14. The van der Waals surface area contributed by atoms with Crippen molar-refractivity contribution < 1.29 is 4.79 Å². The lowest BCUT2D eigenvalue weighted by Gasteiger charge is -2.35. The minimum Gasteiger partial charge on any atom is -0.341 e. The molecule has 0 bridgehead atoms. The summed E-state index contributed by atoms with van der Waals surface area (Å²) < 4.78 is 1.15. The summed E-state index contributed by atoms with van der Waals surface area (Å²) in [4.78, 5) is 13.5. The molecule has 1 aromatic carbocycles. The van der Waals surface area contributed by atoms with Crippen LogP contribution in [0.3, 0.4) is 0 Å². The summed E-state index contributed by atoms with van der Waals surface area (Å²) in [5.74, 6) is 0. The Balaban J connectivity index is 2.32. The van der Waals surface area contributed by atoms with E-state index in [-0.39, 0.29) is 12.1 Å². The summed E-state index contributed by atoms with van der Waals surface area (Å²) in [6.45, 7) is 2.77. The van der Waals surface area contributed by atoms with E-state index < -0.39 is 0 Å². The lowest BCUT2D eigenvalue weighted by molar-refractivity contribution is 0.171. The number of amides is 2. The lowest BCUT2D eigenvalue weighted by Crippen LogP contribution is -2.46. The predicted octanol–water partition coefficient (Wildman–Crippen LogP) is 2.54. The third-order valence-corrected chi connectivity index (χ3v) is 3.81. The fourth-order valence-corrected chi connectivity index (χ4v) is 2.71. The molecule has 16 heavy (non-hydrogen) atoms. The lowest BCUT2D eigenvalue weighted by atomic mass is 9.95. The van der Waals surface area contributed by atoms with Gasteiger partial charge in [0.25, 0.3) is 0 Å². The molecule has 4 heteroatoms. The Labute approximate surface area is 104 Å². The minimum absolute atomic E-state index is 0.00174. The quantitative estimate of drug-likeness (QED) is 0.779. The van der Waals surface area contributed by atoms with Crippen molar-refractivity contribution in [1.29, 1.82) is 0 Å². The van der Waals surface area contributed by atoms with Crippen LogP contribution in [0.4, 0.5) is 4.79 Å². The highest BCUT2D eigenvalue weighted by atomic mass is 79.9. The van der Waals surface area contributed by atoms with E-state index in [0.29, 0.717) is 6.54 Å². The van der Waals surface area contributed by atoms with Gasteiger partial charge in [0.2, 0.25) is 0 Å². The zero-order chi connectivity index (χ0) is 11.7. The van der Waals surface area contributed by atoms with Crippen LogP contribution < -0.4 is 5.32 Å². The van der Waals surface area contributed by atoms with Crippen molar-refractivity contribution in [2.45, 2.75) is 25.9 Å². The molecule has 86 valence electrons. The molecule has 1 heterocycles. The molecule has 0 fully saturated rings. The maximum Gasteiger partial charge on any atom is 0.317 e. The van der Waals surface area contributed by atoms with Crippen molar-refractivity contribution >= 4 is 22.0 Å². The van der Waals surface area contributed by atoms with Crippen LogP contribution in [0.15, 0.2) is 22.7 Å². The van der Waals surface area contributed by atoms with Crippen molar-refractivity contribution in [3.63, 3.8) is 0 Å². The number of rotatable bonds is 0. The van der Waals surface area contributed by atoms with E-state index in [1.165, 1.54) is 11.1 Å². The van der Waals surface area contributed by atoms with Crippen molar-refractivity contribution in [3.8, 4) is 0 Å². The van der Waals surface area contributed by atoms with Crippen LogP contribution in [-0.2, 0) is 13.0 Å². The standard InChI is InChI=1S/C12H15BrN2O/c1-8-6-10-9(4-3-5-11(10)13)7-15(8)12(16)14-2/h3-5,8H,6-7H2,1-2H3,(H,14,16). The molecule has 3 nitrogen and oxygen atoms in total. The van der Waals surface area contributed by atoms with Gasteiger partial charge in [-0.25, -0.2) is 4.79 Å².